The Balaban J connectivity index is 1.75. The molecule has 0 saturated heterocycles. The first-order valence-electron chi connectivity index (χ1n) is 8.51. The quantitative estimate of drug-likeness (QED) is 0.547. The zero-order valence-electron chi connectivity index (χ0n) is 14.4. The Hall–Kier alpha value is -2.32. The minimum Gasteiger partial charge on any atom is -0.489 e. The van der Waals surface area contributed by atoms with Gasteiger partial charge in [-0.05, 0) is 42.6 Å². The summed E-state index contributed by atoms with van der Waals surface area (Å²) >= 11 is 0. The van der Waals surface area contributed by atoms with E-state index in [-0.39, 0.29) is 0 Å². The Morgan fingerprint density at radius 2 is 1.46 bits per heavy atom. The van der Waals surface area contributed by atoms with Crippen molar-refractivity contribution in [2.45, 2.75) is 19.4 Å². The summed E-state index contributed by atoms with van der Waals surface area (Å²) in [7, 11) is 0. The Bertz CT molecular complexity index is 594. The molecule has 0 aliphatic heterocycles. The Labute approximate surface area is 146 Å². The van der Waals surface area contributed by atoms with Crippen LogP contribution in [0.4, 0.5) is 0 Å². The molecule has 0 bridgehead atoms. The number of hydrogen-bond acceptors (Lipinski definition) is 2. The molecular formula is C22H27NO. The molecule has 126 valence electrons. The number of benzene rings is 2. The summed E-state index contributed by atoms with van der Waals surface area (Å²) in [5.74, 6) is 0.908. The Morgan fingerprint density at radius 1 is 0.833 bits per heavy atom. The summed E-state index contributed by atoms with van der Waals surface area (Å²) in [6, 6.07) is 18.6. The molecule has 0 atom stereocenters. The lowest BCUT2D eigenvalue weighted by Gasteiger charge is -2.18. The highest BCUT2D eigenvalue weighted by molar-refractivity contribution is 5.24. The smallest absolute Gasteiger partial charge is 0.119 e. The van der Waals surface area contributed by atoms with Gasteiger partial charge in [0.1, 0.15) is 12.4 Å². The van der Waals surface area contributed by atoms with E-state index in [1.54, 1.807) is 0 Å². The van der Waals surface area contributed by atoms with Crippen molar-refractivity contribution in [2.75, 3.05) is 19.6 Å². The van der Waals surface area contributed by atoms with Crippen LogP contribution in [-0.4, -0.2) is 24.5 Å². The highest BCUT2D eigenvalue weighted by Gasteiger charge is 2.01. The molecule has 0 fully saturated rings. The van der Waals surface area contributed by atoms with Gasteiger partial charge in [0, 0.05) is 13.1 Å². The van der Waals surface area contributed by atoms with Gasteiger partial charge in [0.2, 0.25) is 0 Å². The number of hydrogen-bond donors (Lipinski definition) is 0. The molecule has 0 aromatic heterocycles. The summed E-state index contributed by atoms with van der Waals surface area (Å²) < 4.78 is 5.77. The number of para-hydroxylation sites is 1. The summed E-state index contributed by atoms with van der Waals surface area (Å²) in [6.45, 7) is 11.1. The molecule has 2 rings (SSSR count). The normalized spacial score (nSPS) is 10.5. The lowest BCUT2D eigenvalue weighted by atomic mass is 10.1. The van der Waals surface area contributed by atoms with Crippen molar-refractivity contribution in [3.8, 4) is 5.75 Å². The summed E-state index contributed by atoms with van der Waals surface area (Å²) in [5.41, 5.74) is 2.57. The first kappa shape index (κ1) is 18.0. The zero-order valence-corrected chi connectivity index (χ0v) is 14.4. The number of aryl methyl sites for hydroxylation is 1. The predicted octanol–water partition coefficient (Wildman–Crippen LogP) is 4.87. The average molecular weight is 321 g/mol. The molecule has 0 saturated carbocycles. The van der Waals surface area contributed by atoms with Crippen molar-refractivity contribution >= 4 is 0 Å². The lowest BCUT2D eigenvalue weighted by Crippen LogP contribution is -2.25. The van der Waals surface area contributed by atoms with Crippen molar-refractivity contribution in [3.05, 3.63) is 91.0 Å². The van der Waals surface area contributed by atoms with Gasteiger partial charge in [-0.3, -0.25) is 4.90 Å². The minimum atomic E-state index is 0.608. The highest BCUT2D eigenvalue weighted by Crippen LogP contribution is 2.13. The third-order valence-electron chi connectivity index (χ3n) is 3.89. The van der Waals surface area contributed by atoms with E-state index in [0.717, 1.165) is 38.2 Å². The molecule has 2 aromatic rings. The topological polar surface area (TPSA) is 12.5 Å². The summed E-state index contributed by atoms with van der Waals surface area (Å²) in [4.78, 5) is 2.35. The van der Waals surface area contributed by atoms with E-state index in [9.17, 15) is 0 Å². The number of rotatable bonds is 11. The first-order chi connectivity index (χ1) is 11.8. The van der Waals surface area contributed by atoms with Crippen LogP contribution in [-0.2, 0) is 13.0 Å². The van der Waals surface area contributed by atoms with Crippen LogP contribution in [0.1, 0.15) is 17.5 Å². The number of ether oxygens (including phenoxy) is 1. The van der Waals surface area contributed by atoms with Crippen molar-refractivity contribution in [1.82, 2.24) is 4.90 Å². The van der Waals surface area contributed by atoms with E-state index < -0.39 is 0 Å². The molecule has 0 aliphatic rings. The van der Waals surface area contributed by atoms with Gasteiger partial charge in [0.25, 0.3) is 0 Å². The maximum atomic E-state index is 5.77. The Kier molecular flexibility index (Phi) is 7.85. The van der Waals surface area contributed by atoms with Crippen LogP contribution in [0.25, 0.3) is 0 Å². The van der Waals surface area contributed by atoms with Crippen LogP contribution in [0.2, 0.25) is 0 Å². The third-order valence-corrected chi connectivity index (χ3v) is 3.89. The van der Waals surface area contributed by atoms with Crippen LogP contribution < -0.4 is 4.74 Å². The molecular weight excluding hydrogens is 294 g/mol. The maximum Gasteiger partial charge on any atom is 0.119 e. The molecule has 0 spiro atoms. The minimum absolute atomic E-state index is 0.608. The second kappa shape index (κ2) is 10.5. The van der Waals surface area contributed by atoms with Gasteiger partial charge in [0.05, 0.1) is 0 Å². The SMILES string of the molecule is C=CCN(CC=C)CCCc1ccc(COc2ccccc2)cc1. The van der Waals surface area contributed by atoms with Gasteiger partial charge >= 0.3 is 0 Å². The van der Waals surface area contributed by atoms with Crippen LogP contribution >= 0.6 is 0 Å². The van der Waals surface area contributed by atoms with Gasteiger partial charge in [-0.25, -0.2) is 0 Å². The monoisotopic (exact) mass is 321 g/mol. The fraction of sp³-hybridized carbons (Fsp3) is 0.273. The molecule has 0 N–H and O–H groups in total. The van der Waals surface area contributed by atoms with Gasteiger partial charge in [-0.1, -0.05) is 54.6 Å². The average Bonchev–Trinajstić information content (AvgIpc) is 2.62. The van der Waals surface area contributed by atoms with E-state index in [1.807, 2.05) is 42.5 Å². The van der Waals surface area contributed by atoms with Crippen LogP contribution in [0.3, 0.4) is 0 Å². The van der Waals surface area contributed by atoms with Gasteiger partial charge < -0.3 is 4.74 Å². The number of nitrogens with zero attached hydrogens (tertiary/aromatic N) is 1. The summed E-state index contributed by atoms with van der Waals surface area (Å²) in [5, 5.41) is 0. The van der Waals surface area contributed by atoms with Gasteiger partial charge in [-0.15, -0.1) is 13.2 Å². The largest absolute Gasteiger partial charge is 0.489 e. The molecule has 2 heteroatoms. The second-order valence-corrected chi connectivity index (χ2v) is 5.86. The molecule has 24 heavy (non-hydrogen) atoms. The third kappa shape index (κ3) is 6.43. The van der Waals surface area contributed by atoms with E-state index in [2.05, 4.69) is 42.3 Å². The van der Waals surface area contributed by atoms with Crippen molar-refractivity contribution < 1.29 is 4.74 Å². The molecule has 0 amide bonds. The van der Waals surface area contributed by atoms with Crippen molar-refractivity contribution in [1.29, 1.82) is 0 Å². The van der Waals surface area contributed by atoms with Gasteiger partial charge in [-0.2, -0.15) is 0 Å². The molecule has 2 nitrogen and oxygen atoms in total. The van der Waals surface area contributed by atoms with E-state index >= 15 is 0 Å². The van der Waals surface area contributed by atoms with Crippen LogP contribution in [0, 0.1) is 0 Å². The lowest BCUT2D eigenvalue weighted by molar-refractivity contribution is 0.306. The summed E-state index contributed by atoms with van der Waals surface area (Å²) in [6.07, 6.45) is 6.13. The first-order valence-corrected chi connectivity index (χ1v) is 8.51. The zero-order chi connectivity index (χ0) is 17.0. The molecule has 0 heterocycles. The van der Waals surface area contributed by atoms with E-state index in [1.165, 1.54) is 11.1 Å². The fourth-order valence-electron chi connectivity index (χ4n) is 2.61. The van der Waals surface area contributed by atoms with Gasteiger partial charge in [0.15, 0.2) is 0 Å². The maximum absolute atomic E-state index is 5.77. The van der Waals surface area contributed by atoms with Crippen molar-refractivity contribution in [2.24, 2.45) is 0 Å². The van der Waals surface area contributed by atoms with Crippen molar-refractivity contribution in [3.63, 3.8) is 0 Å². The standard InChI is InChI=1S/C22H27NO/c1-3-16-23(17-4-2)18-8-9-20-12-14-21(15-13-20)19-24-22-10-6-5-7-11-22/h3-7,10-15H,1-2,8-9,16-19H2. The molecule has 0 unspecified atom stereocenters. The molecule has 2 aromatic carbocycles. The van der Waals surface area contributed by atoms with E-state index in [4.69, 9.17) is 4.74 Å². The fourth-order valence-corrected chi connectivity index (χ4v) is 2.61. The highest BCUT2D eigenvalue weighted by atomic mass is 16.5. The predicted molar refractivity (Wildman–Crippen MR) is 102 cm³/mol. The molecule has 0 aliphatic carbocycles. The molecule has 0 radical (unpaired) electrons. The van der Waals surface area contributed by atoms with Crippen LogP contribution in [0.15, 0.2) is 79.9 Å². The van der Waals surface area contributed by atoms with Crippen LogP contribution in [0.5, 0.6) is 5.75 Å². The second-order valence-electron chi connectivity index (χ2n) is 5.86. The van der Waals surface area contributed by atoms with E-state index in [0.29, 0.717) is 6.61 Å². The Morgan fingerprint density at radius 3 is 2.08 bits per heavy atom.